The second-order valence-corrected chi connectivity index (χ2v) is 8.76. The van der Waals surface area contributed by atoms with E-state index in [0.717, 1.165) is 12.8 Å². The quantitative estimate of drug-likeness (QED) is 0.585. The van der Waals surface area contributed by atoms with E-state index >= 15 is 0 Å². The summed E-state index contributed by atoms with van der Waals surface area (Å²) in [5.41, 5.74) is 1.49. The van der Waals surface area contributed by atoms with Gasteiger partial charge in [-0.25, -0.2) is 0 Å². The van der Waals surface area contributed by atoms with Crippen molar-refractivity contribution in [1.29, 1.82) is 0 Å². The van der Waals surface area contributed by atoms with Crippen LogP contribution in [-0.4, -0.2) is 28.6 Å². The van der Waals surface area contributed by atoms with E-state index in [4.69, 9.17) is 17.0 Å². The minimum atomic E-state index is -0.231. The standard InChI is InChI=1S/C24H27N3O3S/c1-14-5-4-6-20(15(14)2)25-22(28)16-7-12-19-21(13-16)26-24(31)27(23(19)29)17-8-10-18(30-3)11-9-17/h7-15,20H,4-6H2,1-3H3,(H,25,28)(H,26,31)/t14-,15-,20-/m1/s1. The Kier molecular flexibility index (Phi) is 5.96. The molecule has 0 radical (unpaired) electrons. The summed E-state index contributed by atoms with van der Waals surface area (Å²) in [5.74, 6) is 1.63. The molecule has 6 nitrogen and oxygen atoms in total. The van der Waals surface area contributed by atoms with E-state index in [1.165, 1.54) is 11.0 Å². The van der Waals surface area contributed by atoms with Crippen LogP contribution in [0.2, 0.25) is 0 Å². The number of nitrogens with zero attached hydrogens (tertiary/aromatic N) is 1. The van der Waals surface area contributed by atoms with Gasteiger partial charge in [-0.1, -0.05) is 26.7 Å². The third kappa shape index (κ3) is 4.14. The molecule has 3 atom stereocenters. The summed E-state index contributed by atoms with van der Waals surface area (Å²) in [6, 6.07) is 12.4. The lowest BCUT2D eigenvalue weighted by Crippen LogP contribution is -2.43. The number of hydrogen-bond acceptors (Lipinski definition) is 4. The molecular weight excluding hydrogens is 410 g/mol. The van der Waals surface area contributed by atoms with Crippen molar-refractivity contribution in [3.05, 3.63) is 63.2 Å². The highest BCUT2D eigenvalue weighted by Gasteiger charge is 2.28. The zero-order valence-corrected chi connectivity index (χ0v) is 18.8. The average molecular weight is 438 g/mol. The van der Waals surface area contributed by atoms with Crippen molar-refractivity contribution in [2.75, 3.05) is 7.11 Å². The lowest BCUT2D eigenvalue weighted by molar-refractivity contribution is 0.0891. The molecule has 1 heterocycles. The average Bonchev–Trinajstić information content (AvgIpc) is 2.77. The highest BCUT2D eigenvalue weighted by molar-refractivity contribution is 7.71. The van der Waals surface area contributed by atoms with Crippen LogP contribution in [0.15, 0.2) is 47.3 Å². The molecule has 0 spiro atoms. The van der Waals surface area contributed by atoms with Gasteiger partial charge < -0.3 is 15.0 Å². The number of aromatic nitrogens is 2. The van der Waals surface area contributed by atoms with Crippen molar-refractivity contribution >= 4 is 29.0 Å². The van der Waals surface area contributed by atoms with Crippen LogP contribution in [-0.2, 0) is 0 Å². The van der Waals surface area contributed by atoms with Crippen LogP contribution in [0.25, 0.3) is 16.6 Å². The van der Waals surface area contributed by atoms with Crippen molar-refractivity contribution in [2.45, 2.75) is 39.2 Å². The Bertz CT molecular complexity index is 1230. The first-order chi connectivity index (χ1) is 14.9. The zero-order valence-electron chi connectivity index (χ0n) is 18.0. The van der Waals surface area contributed by atoms with Gasteiger partial charge in [0, 0.05) is 11.6 Å². The van der Waals surface area contributed by atoms with E-state index in [-0.39, 0.29) is 22.3 Å². The number of rotatable bonds is 4. The fraction of sp³-hybridized carbons (Fsp3) is 0.375. The highest BCUT2D eigenvalue weighted by Crippen LogP contribution is 2.29. The van der Waals surface area contributed by atoms with Crippen LogP contribution < -0.4 is 15.6 Å². The third-order valence-electron chi connectivity index (χ3n) is 6.51. The number of fused-ring (bicyclic) bond motifs is 1. The van der Waals surface area contributed by atoms with Crippen LogP contribution in [0.5, 0.6) is 5.75 Å². The molecule has 162 valence electrons. The minimum absolute atomic E-state index is 0.119. The Morgan fingerprint density at radius 3 is 2.61 bits per heavy atom. The summed E-state index contributed by atoms with van der Waals surface area (Å²) in [5, 5.41) is 3.66. The maximum atomic E-state index is 13.1. The van der Waals surface area contributed by atoms with Crippen molar-refractivity contribution in [3.8, 4) is 11.4 Å². The predicted molar refractivity (Wildman–Crippen MR) is 125 cm³/mol. The number of amides is 1. The van der Waals surface area contributed by atoms with Crippen LogP contribution >= 0.6 is 12.2 Å². The molecule has 4 rings (SSSR count). The summed E-state index contributed by atoms with van der Waals surface area (Å²) in [4.78, 5) is 29.1. The Morgan fingerprint density at radius 1 is 1.16 bits per heavy atom. The van der Waals surface area contributed by atoms with Crippen molar-refractivity contribution < 1.29 is 9.53 Å². The van der Waals surface area contributed by atoms with E-state index in [0.29, 0.717) is 39.7 Å². The molecule has 1 aromatic heterocycles. The number of hydrogen-bond donors (Lipinski definition) is 2. The van der Waals surface area contributed by atoms with Crippen molar-refractivity contribution in [1.82, 2.24) is 14.9 Å². The van der Waals surface area contributed by atoms with E-state index in [1.807, 2.05) is 0 Å². The third-order valence-corrected chi connectivity index (χ3v) is 6.80. The van der Waals surface area contributed by atoms with Gasteiger partial charge in [0.2, 0.25) is 0 Å². The molecular formula is C24H27N3O3S. The fourth-order valence-electron chi connectivity index (χ4n) is 4.36. The molecule has 0 unspecified atom stereocenters. The minimum Gasteiger partial charge on any atom is -0.497 e. The van der Waals surface area contributed by atoms with Gasteiger partial charge >= 0.3 is 0 Å². The number of benzene rings is 2. The second kappa shape index (κ2) is 8.67. The Labute approximate surface area is 186 Å². The van der Waals surface area contributed by atoms with Gasteiger partial charge in [0.1, 0.15) is 5.75 Å². The molecule has 31 heavy (non-hydrogen) atoms. The van der Waals surface area contributed by atoms with Gasteiger partial charge in [-0.15, -0.1) is 0 Å². The first-order valence-corrected chi connectivity index (χ1v) is 11.0. The summed E-state index contributed by atoms with van der Waals surface area (Å²) >= 11 is 5.45. The normalized spacial score (nSPS) is 21.1. The van der Waals surface area contributed by atoms with Gasteiger partial charge in [0.25, 0.3) is 11.5 Å². The summed E-state index contributed by atoms with van der Waals surface area (Å²) in [6.07, 6.45) is 3.34. The van der Waals surface area contributed by atoms with Crippen molar-refractivity contribution in [2.24, 2.45) is 11.8 Å². The molecule has 1 saturated carbocycles. The number of aromatic amines is 1. The van der Waals surface area contributed by atoms with Crippen LogP contribution in [0.1, 0.15) is 43.5 Å². The molecule has 1 aliphatic rings. The van der Waals surface area contributed by atoms with Gasteiger partial charge in [0.05, 0.1) is 23.7 Å². The Balaban J connectivity index is 1.66. The molecule has 2 N–H and O–H groups in total. The number of methoxy groups -OCH3 is 1. The smallest absolute Gasteiger partial charge is 0.266 e. The van der Waals surface area contributed by atoms with Gasteiger partial charge in [-0.2, -0.15) is 0 Å². The van der Waals surface area contributed by atoms with E-state index in [1.54, 1.807) is 49.6 Å². The van der Waals surface area contributed by atoms with Crippen LogP contribution in [0, 0.1) is 16.6 Å². The molecule has 0 aliphatic heterocycles. The van der Waals surface area contributed by atoms with Gasteiger partial charge in [-0.3, -0.25) is 14.2 Å². The molecule has 1 aliphatic carbocycles. The molecule has 1 amide bonds. The molecule has 7 heteroatoms. The molecule has 3 aromatic rings. The molecule has 2 aromatic carbocycles. The predicted octanol–water partition coefficient (Wildman–Crippen LogP) is 4.61. The monoisotopic (exact) mass is 437 g/mol. The van der Waals surface area contributed by atoms with Gasteiger partial charge in [-0.05, 0) is 72.9 Å². The zero-order chi connectivity index (χ0) is 22.1. The summed E-state index contributed by atoms with van der Waals surface area (Å²) in [7, 11) is 1.59. The van der Waals surface area contributed by atoms with Gasteiger partial charge in [0.15, 0.2) is 4.77 Å². The van der Waals surface area contributed by atoms with E-state index in [9.17, 15) is 9.59 Å². The van der Waals surface area contributed by atoms with E-state index in [2.05, 4.69) is 24.1 Å². The number of nitrogens with one attached hydrogen (secondary N) is 2. The number of carbonyl (C=O) groups excluding carboxylic acids is 1. The van der Waals surface area contributed by atoms with E-state index < -0.39 is 0 Å². The lowest BCUT2D eigenvalue weighted by atomic mass is 9.78. The Hall–Kier alpha value is -2.93. The number of H-pyrrole nitrogens is 1. The molecule has 0 saturated heterocycles. The SMILES string of the molecule is COc1ccc(-n2c(=S)[nH]c3cc(C(=O)N[C@@H]4CCC[C@@H](C)[C@H]4C)ccc3c2=O)cc1. The Morgan fingerprint density at radius 2 is 1.90 bits per heavy atom. The summed E-state index contributed by atoms with van der Waals surface area (Å²) in [6.45, 7) is 4.45. The first-order valence-electron chi connectivity index (χ1n) is 10.6. The summed E-state index contributed by atoms with van der Waals surface area (Å²) < 4.78 is 6.90. The first kappa shape index (κ1) is 21.3. The second-order valence-electron chi connectivity index (χ2n) is 8.38. The highest BCUT2D eigenvalue weighted by atomic mass is 32.1. The van der Waals surface area contributed by atoms with Crippen molar-refractivity contribution in [3.63, 3.8) is 0 Å². The maximum Gasteiger partial charge on any atom is 0.266 e. The number of ether oxygens (including phenoxy) is 1. The molecule has 1 fully saturated rings. The van der Waals surface area contributed by atoms with Crippen LogP contribution in [0.3, 0.4) is 0 Å². The largest absolute Gasteiger partial charge is 0.497 e. The lowest BCUT2D eigenvalue weighted by Gasteiger charge is -2.34. The topological polar surface area (TPSA) is 76.1 Å². The van der Waals surface area contributed by atoms with Crippen LogP contribution in [0.4, 0.5) is 0 Å². The fourth-order valence-corrected chi connectivity index (χ4v) is 4.66. The number of carbonyl (C=O) groups is 1. The maximum absolute atomic E-state index is 13.1. The molecule has 0 bridgehead atoms.